The van der Waals surface area contributed by atoms with E-state index in [-0.39, 0.29) is 5.54 Å². The summed E-state index contributed by atoms with van der Waals surface area (Å²) in [5, 5.41) is 0. The third kappa shape index (κ3) is 1.79. The summed E-state index contributed by atoms with van der Waals surface area (Å²) in [6.45, 7) is 2.13. The van der Waals surface area contributed by atoms with Gasteiger partial charge in [-0.25, -0.2) is 0 Å². The Bertz CT molecular complexity index is 312. The highest BCUT2D eigenvalue weighted by molar-refractivity contribution is 6.17. The molecule has 0 amide bonds. The van der Waals surface area contributed by atoms with Crippen LogP contribution in [0.25, 0.3) is 0 Å². The molecular formula is C12H16ClN. The zero-order chi connectivity index (χ0) is 10.2. The molecule has 2 heteroatoms. The van der Waals surface area contributed by atoms with E-state index in [1.165, 1.54) is 18.4 Å². The molecule has 2 N–H and O–H groups in total. The van der Waals surface area contributed by atoms with Gasteiger partial charge in [-0.3, -0.25) is 0 Å². The fraction of sp³-hybridized carbons (Fsp3) is 0.500. The van der Waals surface area contributed by atoms with Gasteiger partial charge in [0.2, 0.25) is 0 Å². The predicted molar refractivity (Wildman–Crippen MR) is 60.3 cm³/mol. The maximum absolute atomic E-state index is 6.30. The van der Waals surface area contributed by atoms with Gasteiger partial charge in [-0.05, 0) is 36.8 Å². The topological polar surface area (TPSA) is 26.0 Å². The lowest BCUT2D eigenvalue weighted by molar-refractivity contribution is 0.427. The molecule has 1 unspecified atom stereocenters. The Hall–Kier alpha value is -0.530. The third-order valence-corrected chi connectivity index (χ3v) is 3.46. The molecule has 0 radical (unpaired) electrons. The Morgan fingerprint density at radius 3 is 2.36 bits per heavy atom. The molecule has 1 aromatic rings. The van der Waals surface area contributed by atoms with E-state index >= 15 is 0 Å². The molecule has 2 rings (SSSR count). The molecule has 0 aromatic heterocycles. The first-order valence-corrected chi connectivity index (χ1v) is 5.62. The highest BCUT2D eigenvalue weighted by Gasteiger charge is 2.39. The number of hydrogen-bond donors (Lipinski definition) is 1. The maximum atomic E-state index is 6.30. The van der Waals surface area contributed by atoms with E-state index in [2.05, 4.69) is 31.2 Å². The number of rotatable bonds is 3. The van der Waals surface area contributed by atoms with Crippen molar-refractivity contribution < 1.29 is 0 Å². The molecule has 1 saturated carbocycles. The Morgan fingerprint density at radius 1 is 1.36 bits per heavy atom. The second-order valence-corrected chi connectivity index (χ2v) is 4.65. The van der Waals surface area contributed by atoms with Crippen molar-refractivity contribution in [1.29, 1.82) is 0 Å². The number of hydrogen-bond acceptors (Lipinski definition) is 1. The maximum Gasteiger partial charge on any atom is 0.0474 e. The van der Waals surface area contributed by atoms with Gasteiger partial charge in [-0.1, -0.05) is 24.3 Å². The zero-order valence-corrected chi connectivity index (χ0v) is 9.22. The van der Waals surface area contributed by atoms with Crippen molar-refractivity contribution in [3.8, 4) is 0 Å². The molecular weight excluding hydrogens is 194 g/mol. The van der Waals surface area contributed by atoms with Gasteiger partial charge in [-0.2, -0.15) is 0 Å². The average molecular weight is 210 g/mol. The van der Waals surface area contributed by atoms with Crippen LogP contribution in [0.5, 0.6) is 0 Å². The zero-order valence-electron chi connectivity index (χ0n) is 8.46. The Kier molecular flexibility index (Phi) is 2.54. The van der Waals surface area contributed by atoms with Crippen LogP contribution in [0, 0.1) is 5.92 Å². The minimum absolute atomic E-state index is 0.148. The van der Waals surface area contributed by atoms with E-state index in [4.69, 9.17) is 17.3 Å². The Labute approximate surface area is 90.3 Å². The SMILES string of the molecule is CC(N)(c1ccc(CCl)cc1)C1CC1. The van der Waals surface area contributed by atoms with Gasteiger partial charge in [-0.15, -0.1) is 11.6 Å². The number of nitrogens with two attached hydrogens (primary N) is 1. The van der Waals surface area contributed by atoms with Gasteiger partial charge in [0, 0.05) is 11.4 Å². The van der Waals surface area contributed by atoms with Crippen LogP contribution in [0.4, 0.5) is 0 Å². The molecule has 1 aliphatic carbocycles. The minimum atomic E-state index is -0.148. The number of halogens is 1. The van der Waals surface area contributed by atoms with Crippen LogP contribution in [0.2, 0.25) is 0 Å². The van der Waals surface area contributed by atoms with Gasteiger partial charge >= 0.3 is 0 Å². The van der Waals surface area contributed by atoms with Crippen molar-refractivity contribution in [3.05, 3.63) is 35.4 Å². The first-order valence-electron chi connectivity index (χ1n) is 5.09. The van der Waals surface area contributed by atoms with Crippen molar-refractivity contribution in [1.82, 2.24) is 0 Å². The molecule has 1 aromatic carbocycles. The normalized spacial score (nSPS) is 20.5. The Balaban J connectivity index is 2.23. The summed E-state index contributed by atoms with van der Waals surface area (Å²) >= 11 is 5.74. The van der Waals surface area contributed by atoms with Gasteiger partial charge in [0.15, 0.2) is 0 Å². The summed E-state index contributed by atoms with van der Waals surface area (Å²) in [5.41, 5.74) is 8.54. The van der Waals surface area contributed by atoms with Crippen molar-refractivity contribution in [2.24, 2.45) is 11.7 Å². The molecule has 0 bridgehead atoms. The smallest absolute Gasteiger partial charge is 0.0474 e. The van der Waals surface area contributed by atoms with Crippen molar-refractivity contribution >= 4 is 11.6 Å². The van der Waals surface area contributed by atoms with Crippen LogP contribution >= 0.6 is 11.6 Å². The Morgan fingerprint density at radius 2 is 1.93 bits per heavy atom. The van der Waals surface area contributed by atoms with Crippen LogP contribution in [0.15, 0.2) is 24.3 Å². The lowest BCUT2D eigenvalue weighted by Crippen LogP contribution is -2.35. The van der Waals surface area contributed by atoms with Crippen LogP contribution in [-0.4, -0.2) is 0 Å². The molecule has 0 saturated heterocycles. The van der Waals surface area contributed by atoms with Crippen LogP contribution in [0.1, 0.15) is 30.9 Å². The molecule has 1 atom stereocenters. The van der Waals surface area contributed by atoms with Crippen molar-refractivity contribution in [2.75, 3.05) is 0 Å². The summed E-state index contributed by atoms with van der Waals surface area (Å²) in [7, 11) is 0. The standard InChI is InChI=1S/C12H16ClN/c1-12(14,11-6-7-11)10-4-2-9(8-13)3-5-10/h2-5,11H,6-8,14H2,1H3. The fourth-order valence-electron chi connectivity index (χ4n) is 1.87. The third-order valence-electron chi connectivity index (χ3n) is 3.16. The van der Waals surface area contributed by atoms with Crippen molar-refractivity contribution in [3.63, 3.8) is 0 Å². The predicted octanol–water partition coefficient (Wildman–Crippen LogP) is 3.01. The number of alkyl halides is 1. The van der Waals surface area contributed by atoms with E-state index in [1.807, 2.05) is 0 Å². The summed E-state index contributed by atoms with van der Waals surface area (Å²) in [6, 6.07) is 8.34. The van der Waals surface area contributed by atoms with Crippen molar-refractivity contribution in [2.45, 2.75) is 31.2 Å². The summed E-state index contributed by atoms with van der Waals surface area (Å²) in [6.07, 6.45) is 2.54. The van der Waals surface area contributed by atoms with E-state index in [9.17, 15) is 0 Å². The van der Waals surface area contributed by atoms with Crippen LogP contribution in [-0.2, 0) is 11.4 Å². The largest absolute Gasteiger partial charge is 0.321 e. The van der Waals surface area contributed by atoms with Crippen LogP contribution < -0.4 is 5.73 Å². The molecule has 0 aliphatic heterocycles. The van der Waals surface area contributed by atoms with E-state index in [0.29, 0.717) is 11.8 Å². The molecule has 76 valence electrons. The van der Waals surface area contributed by atoms with Gasteiger partial charge in [0.25, 0.3) is 0 Å². The molecule has 1 fully saturated rings. The molecule has 14 heavy (non-hydrogen) atoms. The van der Waals surface area contributed by atoms with Gasteiger partial charge < -0.3 is 5.73 Å². The lowest BCUT2D eigenvalue weighted by Gasteiger charge is -2.25. The molecule has 0 heterocycles. The van der Waals surface area contributed by atoms with Crippen LogP contribution in [0.3, 0.4) is 0 Å². The molecule has 1 aliphatic rings. The van der Waals surface area contributed by atoms with E-state index in [0.717, 1.165) is 5.56 Å². The first-order chi connectivity index (χ1) is 6.64. The first kappa shape index (κ1) is 10.0. The summed E-state index contributed by atoms with van der Waals surface area (Å²) in [5.74, 6) is 1.25. The quantitative estimate of drug-likeness (QED) is 0.761. The van der Waals surface area contributed by atoms with Gasteiger partial charge in [0.1, 0.15) is 0 Å². The summed E-state index contributed by atoms with van der Waals surface area (Å²) in [4.78, 5) is 0. The van der Waals surface area contributed by atoms with E-state index < -0.39 is 0 Å². The second-order valence-electron chi connectivity index (χ2n) is 4.39. The highest BCUT2D eigenvalue weighted by atomic mass is 35.5. The molecule has 1 nitrogen and oxygen atoms in total. The van der Waals surface area contributed by atoms with Gasteiger partial charge in [0.05, 0.1) is 0 Å². The monoisotopic (exact) mass is 209 g/mol. The summed E-state index contributed by atoms with van der Waals surface area (Å²) < 4.78 is 0. The fourth-order valence-corrected chi connectivity index (χ4v) is 2.05. The number of benzene rings is 1. The highest BCUT2D eigenvalue weighted by Crippen LogP contribution is 2.43. The lowest BCUT2D eigenvalue weighted by atomic mass is 9.88. The minimum Gasteiger partial charge on any atom is -0.321 e. The van der Waals surface area contributed by atoms with E-state index in [1.54, 1.807) is 0 Å². The molecule has 0 spiro atoms. The average Bonchev–Trinajstić information content (AvgIpc) is 3.01. The second kappa shape index (κ2) is 3.56.